The zero-order valence-corrected chi connectivity index (χ0v) is 14.5. The number of benzene rings is 1. The van der Waals surface area contributed by atoms with Crippen LogP contribution in [0.4, 0.5) is 11.5 Å². The molecule has 6 nitrogen and oxygen atoms in total. The van der Waals surface area contributed by atoms with E-state index in [9.17, 15) is 10.1 Å². The Labute approximate surface area is 151 Å². The highest BCUT2D eigenvalue weighted by molar-refractivity contribution is 6.42. The highest BCUT2D eigenvalue weighted by atomic mass is 35.5. The first-order valence-electron chi connectivity index (χ1n) is 6.05. The van der Waals surface area contributed by atoms with E-state index < -0.39 is 4.92 Å². The molecule has 2 aromatic rings. The van der Waals surface area contributed by atoms with Crippen LogP contribution in [0, 0.1) is 10.1 Å². The molecule has 23 heavy (non-hydrogen) atoms. The summed E-state index contributed by atoms with van der Waals surface area (Å²) in [5, 5.41) is 15.6. The number of halogens is 4. The van der Waals surface area contributed by atoms with Crippen molar-refractivity contribution in [2.45, 2.75) is 6.92 Å². The summed E-state index contributed by atoms with van der Waals surface area (Å²) in [6, 6.07) is 5.80. The van der Waals surface area contributed by atoms with E-state index in [0.717, 1.165) is 0 Å². The van der Waals surface area contributed by atoms with Crippen molar-refractivity contribution in [3.8, 4) is 0 Å². The third-order valence-electron chi connectivity index (χ3n) is 2.78. The van der Waals surface area contributed by atoms with Gasteiger partial charge in [-0.15, -0.1) is 0 Å². The number of anilines is 1. The number of aromatic nitrogens is 1. The van der Waals surface area contributed by atoms with Crippen molar-refractivity contribution < 1.29 is 4.92 Å². The lowest BCUT2D eigenvalue weighted by Gasteiger charge is -2.06. The van der Waals surface area contributed by atoms with Crippen LogP contribution in [-0.4, -0.2) is 15.6 Å². The smallest absolute Gasteiger partial charge is 0.260 e. The largest absolute Gasteiger partial charge is 0.288 e. The second kappa shape index (κ2) is 7.31. The summed E-state index contributed by atoms with van der Waals surface area (Å²) in [6.07, 6.45) is 0. The van der Waals surface area contributed by atoms with Crippen molar-refractivity contribution in [3.05, 3.63) is 60.2 Å². The molecule has 0 amide bonds. The normalized spacial score (nSPS) is 11.4. The van der Waals surface area contributed by atoms with Crippen LogP contribution in [0.1, 0.15) is 12.5 Å². The van der Waals surface area contributed by atoms with Gasteiger partial charge in [0.2, 0.25) is 0 Å². The molecule has 1 aromatic heterocycles. The Kier molecular flexibility index (Phi) is 5.64. The molecule has 2 rings (SSSR count). The Bertz CT molecular complexity index is 811. The van der Waals surface area contributed by atoms with Crippen LogP contribution in [0.3, 0.4) is 0 Å². The van der Waals surface area contributed by atoms with Gasteiger partial charge < -0.3 is 0 Å². The Morgan fingerprint density at radius 1 is 1.17 bits per heavy atom. The molecule has 1 N–H and O–H groups in total. The number of hydrogen-bond acceptors (Lipinski definition) is 5. The van der Waals surface area contributed by atoms with Gasteiger partial charge in [0, 0.05) is 11.6 Å². The molecule has 0 aliphatic carbocycles. The molecule has 1 heterocycles. The predicted octanol–water partition coefficient (Wildman–Crippen LogP) is 5.44. The summed E-state index contributed by atoms with van der Waals surface area (Å²) in [7, 11) is 0. The first kappa shape index (κ1) is 17.7. The van der Waals surface area contributed by atoms with Crippen LogP contribution in [0.25, 0.3) is 0 Å². The van der Waals surface area contributed by atoms with Crippen molar-refractivity contribution in [2.75, 3.05) is 5.43 Å². The lowest BCUT2D eigenvalue weighted by atomic mass is 10.1. The summed E-state index contributed by atoms with van der Waals surface area (Å²) in [5.41, 5.74) is 3.42. The fraction of sp³-hybridized carbons (Fsp3) is 0.0769. The maximum Gasteiger partial charge on any atom is 0.288 e. The van der Waals surface area contributed by atoms with Gasteiger partial charge in [-0.05, 0) is 19.1 Å². The van der Waals surface area contributed by atoms with E-state index in [-0.39, 0.29) is 31.7 Å². The van der Waals surface area contributed by atoms with Crippen LogP contribution in [0.15, 0.2) is 29.4 Å². The SMILES string of the molecule is C/C(=N/Nc1nc(Cl)c(Cl)cc1Cl)c1ccc(Cl)c([N+](=O)[O-])c1. The van der Waals surface area contributed by atoms with E-state index >= 15 is 0 Å². The molecule has 0 atom stereocenters. The first-order valence-corrected chi connectivity index (χ1v) is 7.57. The third-order valence-corrected chi connectivity index (χ3v) is 4.06. The predicted molar refractivity (Wildman–Crippen MR) is 93.2 cm³/mol. The summed E-state index contributed by atoms with van der Waals surface area (Å²) in [5.74, 6) is 0.212. The number of rotatable bonds is 4. The number of nitro benzene ring substituents is 1. The number of hydrogen-bond donors (Lipinski definition) is 1. The fourth-order valence-electron chi connectivity index (χ4n) is 1.60. The summed E-state index contributed by atoms with van der Waals surface area (Å²) in [4.78, 5) is 14.3. The van der Waals surface area contributed by atoms with Crippen LogP contribution in [0.2, 0.25) is 20.2 Å². The van der Waals surface area contributed by atoms with Crippen molar-refractivity contribution in [1.82, 2.24) is 4.98 Å². The van der Waals surface area contributed by atoms with Crippen molar-refractivity contribution in [1.29, 1.82) is 0 Å². The molecule has 0 aliphatic rings. The number of nitrogens with zero attached hydrogens (tertiary/aromatic N) is 3. The lowest BCUT2D eigenvalue weighted by Crippen LogP contribution is -2.02. The summed E-state index contributed by atoms with van der Waals surface area (Å²) >= 11 is 23.3. The molecular formula is C13H8Cl4N4O2. The zero-order chi connectivity index (χ0) is 17.1. The molecule has 10 heteroatoms. The van der Waals surface area contributed by atoms with E-state index in [1.807, 2.05) is 0 Å². The van der Waals surface area contributed by atoms with Gasteiger partial charge >= 0.3 is 0 Å². The Morgan fingerprint density at radius 3 is 2.52 bits per heavy atom. The van der Waals surface area contributed by atoms with Crippen LogP contribution >= 0.6 is 46.4 Å². The van der Waals surface area contributed by atoms with Gasteiger partial charge in [-0.2, -0.15) is 5.10 Å². The topological polar surface area (TPSA) is 80.4 Å². The molecule has 0 radical (unpaired) electrons. The summed E-state index contributed by atoms with van der Waals surface area (Å²) < 4.78 is 0. The van der Waals surface area contributed by atoms with E-state index in [0.29, 0.717) is 11.3 Å². The minimum absolute atomic E-state index is 0.0497. The molecule has 0 saturated carbocycles. The lowest BCUT2D eigenvalue weighted by molar-refractivity contribution is -0.384. The van der Waals surface area contributed by atoms with E-state index in [4.69, 9.17) is 46.4 Å². The minimum Gasteiger partial charge on any atom is -0.260 e. The fourth-order valence-corrected chi connectivity index (χ4v) is 2.33. The van der Waals surface area contributed by atoms with Crippen molar-refractivity contribution in [3.63, 3.8) is 0 Å². The molecular weight excluding hydrogens is 386 g/mol. The minimum atomic E-state index is -0.566. The molecule has 0 aliphatic heterocycles. The Hall–Kier alpha value is -1.60. The maximum atomic E-state index is 10.9. The van der Waals surface area contributed by atoms with Gasteiger partial charge in [0.1, 0.15) is 10.2 Å². The third kappa shape index (κ3) is 4.23. The molecule has 0 bridgehead atoms. The zero-order valence-electron chi connectivity index (χ0n) is 11.5. The standard InChI is InChI=1S/C13H8Cl4N4O2/c1-6(7-2-3-8(14)11(4-7)21(22)23)19-20-13-10(16)5-9(15)12(17)18-13/h2-5H,1H3,(H,18,20)/b19-6-. The summed E-state index contributed by atoms with van der Waals surface area (Å²) in [6.45, 7) is 1.66. The van der Waals surface area contributed by atoms with E-state index in [2.05, 4.69) is 15.5 Å². The average Bonchev–Trinajstić information content (AvgIpc) is 2.49. The number of hydrazone groups is 1. The van der Waals surface area contributed by atoms with Gasteiger partial charge in [-0.3, -0.25) is 15.5 Å². The van der Waals surface area contributed by atoms with Crippen molar-refractivity contribution in [2.24, 2.45) is 5.10 Å². The van der Waals surface area contributed by atoms with Crippen LogP contribution in [0.5, 0.6) is 0 Å². The van der Waals surface area contributed by atoms with Gasteiger partial charge in [0.15, 0.2) is 5.82 Å². The van der Waals surface area contributed by atoms with Crippen LogP contribution in [-0.2, 0) is 0 Å². The Balaban J connectivity index is 2.29. The maximum absolute atomic E-state index is 10.9. The second-order valence-corrected chi connectivity index (χ2v) is 5.90. The monoisotopic (exact) mass is 392 g/mol. The van der Waals surface area contributed by atoms with E-state index in [1.54, 1.807) is 13.0 Å². The van der Waals surface area contributed by atoms with Gasteiger partial charge in [0.05, 0.1) is 20.7 Å². The number of nitrogens with one attached hydrogen (secondary N) is 1. The number of pyridine rings is 1. The molecule has 0 saturated heterocycles. The van der Waals surface area contributed by atoms with E-state index in [1.165, 1.54) is 18.2 Å². The van der Waals surface area contributed by atoms with Gasteiger partial charge in [-0.1, -0.05) is 52.5 Å². The molecule has 120 valence electrons. The quantitative estimate of drug-likeness (QED) is 0.324. The molecule has 0 fully saturated rings. The average molecular weight is 394 g/mol. The highest BCUT2D eigenvalue weighted by Crippen LogP contribution is 2.29. The molecule has 1 aromatic carbocycles. The van der Waals surface area contributed by atoms with Crippen molar-refractivity contribution >= 4 is 63.6 Å². The highest BCUT2D eigenvalue weighted by Gasteiger charge is 2.14. The Morgan fingerprint density at radius 2 is 1.87 bits per heavy atom. The van der Waals surface area contributed by atoms with Gasteiger partial charge in [0.25, 0.3) is 5.69 Å². The van der Waals surface area contributed by atoms with Gasteiger partial charge in [-0.25, -0.2) is 4.98 Å². The number of nitro groups is 1. The first-order chi connectivity index (χ1) is 10.8. The molecule has 0 unspecified atom stereocenters. The second-order valence-electron chi connectivity index (χ2n) is 4.32. The molecule has 0 spiro atoms. The van der Waals surface area contributed by atoms with Crippen LogP contribution < -0.4 is 5.43 Å².